The van der Waals surface area contributed by atoms with Crippen molar-refractivity contribution in [2.75, 3.05) is 26.8 Å². The summed E-state index contributed by atoms with van der Waals surface area (Å²) >= 11 is 0. The molecule has 114 valence electrons. The van der Waals surface area contributed by atoms with Crippen LogP contribution in [0.25, 0.3) is 0 Å². The lowest BCUT2D eigenvalue weighted by molar-refractivity contribution is 0.0595. The summed E-state index contributed by atoms with van der Waals surface area (Å²) in [5.41, 5.74) is 8.95. The number of rotatable bonds is 4. The molecule has 2 aliphatic rings. The van der Waals surface area contributed by atoms with E-state index in [4.69, 9.17) is 10.5 Å². The summed E-state index contributed by atoms with van der Waals surface area (Å²) in [6, 6.07) is 6.58. The fourth-order valence-corrected chi connectivity index (χ4v) is 4.00. The molecule has 1 unspecified atom stereocenters. The minimum Gasteiger partial charge on any atom is -0.383 e. The van der Waals surface area contributed by atoms with Crippen molar-refractivity contribution in [3.63, 3.8) is 0 Å². The van der Waals surface area contributed by atoms with Gasteiger partial charge in [0.2, 0.25) is 5.91 Å². The smallest absolute Gasteiger partial charge is 0.248 e. The Morgan fingerprint density at radius 3 is 3.05 bits per heavy atom. The third kappa shape index (κ3) is 2.58. The maximum atomic E-state index is 11.4. The number of hydrogen-bond acceptors (Lipinski definition) is 3. The summed E-state index contributed by atoms with van der Waals surface area (Å²) < 4.78 is 5.23. The number of fused-ring (bicyclic) bond motifs is 4. The number of benzene rings is 1. The number of likely N-dealkylation sites (tertiary alicyclic amines) is 1. The first kappa shape index (κ1) is 14.5. The standard InChI is InChI=1S/C17H24N2O2/c1-17-5-6-19(7-8-21-2)14(11-17)9-12-3-4-13(16(18)20)10-15(12)17/h3-4,10,14H,5-9,11H2,1-2H3,(H2,18,20)/t14?,17-/m1/s1. The number of piperidine rings is 1. The highest BCUT2D eigenvalue weighted by atomic mass is 16.5. The zero-order valence-electron chi connectivity index (χ0n) is 12.9. The van der Waals surface area contributed by atoms with E-state index in [9.17, 15) is 4.79 Å². The average Bonchev–Trinajstić information content (AvgIpc) is 2.46. The average molecular weight is 288 g/mol. The van der Waals surface area contributed by atoms with Crippen LogP contribution in [0.2, 0.25) is 0 Å². The molecule has 3 rings (SSSR count). The number of carbonyl (C=O) groups is 1. The maximum Gasteiger partial charge on any atom is 0.248 e. The Hall–Kier alpha value is -1.39. The number of amides is 1. The molecule has 1 amide bonds. The quantitative estimate of drug-likeness (QED) is 0.917. The fourth-order valence-electron chi connectivity index (χ4n) is 4.00. The van der Waals surface area contributed by atoms with E-state index in [1.54, 1.807) is 7.11 Å². The van der Waals surface area contributed by atoms with Crippen molar-refractivity contribution < 1.29 is 9.53 Å². The molecule has 1 aliphatic carbocycles. The van der Waals surface area contributed by atoms with Gasteiger partial charge in [0.15, 0.2) is 0 Å². The summed E-state index contributed by atoms with van der Waals surface area (Å²) in [7, 11) is 1.76. The van der Waals surface area contributed by atoms with Crippen LogP contribution in [0.3, 0.4) is 0 Å². The highest BCUT2D eigenvalue weighted by molar-refractivity contribution is 5.93. The minimum absolute atomic E-state index is 0.174. The monoisotopic (exact) mass is 288 g/mol. The molecule has 1 heterocycles. The lowest BCUT2D eigenvalue weighted by Gasteiger charge is -2.50. The molecule has 0 saturated carbocycles. The van der Waals surface area contributed by atoms with Crippen molar-refractivity contribution in [2.45, 2.75) is 37.6 Å². The highest BCUT2D eigenvalue weighted by Crippen LogP contribution is 2.44. The Morgan fingerprint density at radius 2 is 2.33 bits per heavy atom. The Labute approximate surface area is 126 Å². The molecular formula is C17H24N2O2. The van der Waals surface area contributed by atoms with E-state index >= 15 is 0 Å². The number of ether oxygens (including phenoxy) is 1. The number of primary amides is 1. The largest absolute Gasteiger partial charge is 0.383 e. The van der Waals surface area contributed by atoms with Gasteiger partial charge in [0.1, 0.15) is 0 Å². The Balaban J connectivity index is 1.90. The van der Waals surface area contributed by atoms with Crippen LogP contribution < -0.4 is 5.73 Å². The van der Waals surface area contributed by atoms with E-state index in [0.717, 1.165) is 39.0 Å². The van der Waals surface area contributed by atoms with Gasteiger partial charge in [-0.1, -0.05) is 13.0 Å². The molecule has 2 N–H and O–H groups in total. The van der Waals surface area contributed by atoms with Crippen LogP contribution in [0.4, 0.5) is 0 Å². The van der Waals surface area contributed by atoms with Crippen LogP contribution in [0.15, 0.2) is 18.2 Å². The Kier molecular flexibility index (Phi) is 3.76. The number of hydrogen-bond donors (Lipinski definition) is 1. The van der Waals surface area contributed by atoms with Crippen LogP contribution in [0.1, 0.15) is 41.3 Å². The third-order valence-corrected chi connectivity index (χ3v) is 5.24. The third-order valence-electron chi connectivity index (χ3n) is 5.24. The predicted molar refractivity (Wildman–Crippen MR) is 82.5 cm³/mol. The Bertz CT molecular complexity index is 558. The molecule has 1 saturated heterocycles. The molecule has 2 bridgehead atoms. The predicted octanol–water partition coefficient (Wildman–Crippen LogP) is 1.71. The van der Waals surface area contributed by atoms with Gasteiger partial charge in [-0.25, -0.2) is 0 Å². The van der Waals surface area contributed by atoms with Crippen LogP contribution >= 0.6 is 0 Å². The van der Waals surface area contributed by atoms with Crippen molar-refractivity contribution >= 4 is 5.91 Å². The van der Waals surface area contributed by atoms with Crippen LogP contribution in [-0.2, 0) is 16.6 Å². The lowest BCUT2D eigenvalue weighted by Crippen LogP contribution is -2.52. The first-order valence-corrected chi connectivity index (χ1v) is 7.70. The first-order chi connectivity index (χ1) is 10.0. The number of methoxy groups -OCH3 is 1. The van der Waals surface area contributed by atoms with Crippen molar-refractivity contribution in [3.05, 3.63) is 34.9 Å². The zero-order chi connectivity index (χ0) is 15.0. The van der Waals surface area contributed by atoms with Gasteiger partial charge in [0, 0.05) is 25.3 Å². The van der Waals surface area contributed by atoms with E-state index in [1.165, 1.54) is 11.1 Å². The van der Waals surface area contributed by atoms with Gasteiger partial charge in [0.25, 0.3) is 0 Å². The van der Waals surface area contributed by atoms with Crippen LogP contribution in [-0.4, -0.2) is 43.7 Å². The van der Waals surface area contributed by atoms with Crippen molar-refractivity contribution in [2.24, 2.45) is 5.73 Å². The molecule has 0 radical (unpaired) electrons. The molecule has 4 nitrogen and oxygen atoms in total. The highest BCUT2D eigenvalue weighted by Gasteiger charge is 2.42. The van der Waals surface area contributed by atoms with E-state index in [1.807, 2.05) is 12.1 Å². The second-order valence-electron chi connectivity index (χ2n) is 6.64. The van der Waals surface area contributed by atoms with Crippen molar-refractivity contribution in [1.29, 1.82) is 0 Å². The summed E-state index contributed by atoms with van der Waals surface area (Å²) in [5.74, 6) is -0.332. The fraction of sp³-hybridized carbons (Fsp3) is 0.588. The van der Waals surface area contributed by atoms with Gasteiger partial charge in [-0.2, -0.15) is 0 Å². The molecule has 1 aromatic rings. The van der Waals surface area contributed by atoms with Gasteiger partial charge in [-0.05, 0) is 54.5 Å². The van der Waals surface area contributed by atoms with Crippen LogP contribution in [0, 0.1) is 0 Å². The van der Waals surface area contributed by atoms with Gasteiger partial charge >= 0.3 is 0 Å². The number of nitrogens with zero attached hydrogens (tertiary/aromatic N) is 1. The van der Waals surface area contributed by atoms with E-state index < -0.39 is 0 Å². The lowest BCUT2D eigenvalue weighted by atomic mass is 9.65. The summed E-state index contributed by atoms with van der Waals surface area (Å²) in [4.78, 5) is 14.0. The van der Waals surface area contributed by atoms with Crippen molar-refractivity contribution in [1.82, 2.24) is 4.90 Å². The van der Waals surface area contributed by atoms with Gasteiger partial charge < -0.3 is 10.5 Å². The molecule has 1 aliphatic heterocycles. The molecule has 0 spiro atoms. The second kappa shape index (κ2) is 5.43. The molecule has 4 heteroatoms. The SMILES string of the molecule is COCCN1CC[C@]2(C)CC1Cc1ccc(C(N)=O)cc12. The molecule has 1 fully saturated rings. The number of nitrogens with two attached hydrogens (primary N) is 1. The van der Waals surface area contributed by atoms with Gasteiger partial charge in [0.05, 0.1) is 6.61 Å². The molecule has 0 aromatic heterocycles. The van der Waals surface area contributed by atoms with Gasteiger partial charge in [-0.15, -0.1) is 0 Å². The van der Waals surface area contributed by atoms with Crippen LogP contribution in [0.5, 0.6) is 0 Å². The Morgan fingerprint density at radius 1 is 1.52 bits per heavy atom. The topological polar surface area (TPSA) is 55.6 Å². The second-order valence-corrected chi connectivity index (χ2v) is 6.64. The van der Waals surface area contributed by atoms with E-state index in [0.29, 0.717) is 11.6 Å². The summed E-state index contributed by atoms with van der Waals surface area (Å²) in [6.07, 6.45) is 3.35. The molecule has 2 atom stereocenters. The van der Waals surface area contributed by atoms with E-state index in [2.05, 4.69) is 17.9 Å². The maximum absolute atomic E-state index is 11.4. The summed E-state index contributed by atoms with van der Waals surface area (Å²) in [5, 5.41) is 0. The normalized spacial score (nSPS) is 28.2. The van der Waals surface area contributed by atoms with E-state index in [-0.39, 0.29) is 11.3 Å². The minimum atomic E-state index is -0.332. The zero-order valence-corrected chi connectivity index (χ0v) is 12.9. The first-order valence-electron chi connectivity index (χ1n) is 7.70. The molecule has 1 aromatic carbocycles. The van der Waals surface area contributed by atoms with Crippen molar-refractivity contribution in [3.8, 4) is 0 Å². The molecular weight excluding hydrogens is 264 g/mol. The number of carbonyl (C=O) groups excluding carboxylic acids is 1. The molecule has 21 heavy (non-hydrogen) atoms. The summed E-state index contributed by atoms with van der Waals surface area (Å²) in [6.45, 7) is 5.23. The van der Waals surface area contributed by atoms with Gasteiger partial charge in [-0.3, -0.25) is 9.69 Å².